The first kappa shape index (κ1) is 12.3. The fourth-order valence-corrected chi connectivity index (χ4v) is 1.88. The smallest absolute Gasteiger partial charge is 0.103 e. The first-order chi connectivity index (χ1) is 7.18. The third kappa shape index (κ3) is 5.63. The van der Waals surface area contributed by atoms with E-state index in [2.05, 4.69) is 13.8 Å². The Bertz CT molecular complexity index is 241. The molecule has 0 aliphatic heterocycles. The van der Waals surface area contributed by atoms with Crippen LogP contribution in [0.2, 0.25) is 0 Å². The Morgan fingerprint density at radius 2 is 2.13 bits per heavy atom. The first-order valence-electron chi connectivity index (χ1n) is 5.96. The highest BCUT2D eigenvalue weighted by Gasteiger charge is 2.05. The summed E-state index contributed by atoms with van der Waals surface area (Å²) in [5.74, 6) is 1.80. The zero-order chi connectivity index (χ0) is 11.1. The van der Waals surface area contributed by atoms with Crippen molar-refractivity contribution in [3.63, 3.8) is 0 Å². The van der Waals surface area contributed by atoms with E-state index in [1.807, 2.05) is 12.1 Å². The molecule has 0 fully saturated rings. The van der Waals surface area contributed by atoms with Crippen molar-refractivity contribution in [3.8, 4) is 0 Å². The molecule has 0 aliphatic carbocycles. The topological polar surface area (TPSA) is 39.2 Å². The highest BCUT2D eigenvalue weighted by atomic mass is 16.3. The van der Waals surface area contributed by atoms with E-state index in [0.29, 0.717) is 12.0 Å². The van der Waals surface area contributed by atoms with Crippen LogP contribution >= 0.6 is 0 Å². The number of furan rings is 1. The van der Waals surface area contributed by atoms with E-state index >= 15 is 0 Å². The lowest BCUT2D eigenvalue weighted by atomic mass is 9.99. The van der Waals surface area contributed by atoms with Gasteiger partial charge in [0, 0.05) is 12.5 Å². The Kier molecular flexibility index (Phi) is 5.48. The second kappa shape index (κ2) is 6.67. The summed E-state index contributed by atoms with van der Waals surface area (Å²) >= 11 is 0. The summed E-state index contributed by atoms with van der Waals surface area (Å²) < 4.78 is 5.27. The van der Waals surface area contributed by atoms with Crippen LogP contribution in [-0.2, 0) is 6.42 Å². The summed E-state index contributed by atoms with van der Waals surface area (Å²) in [5.41, 5.74) is 6.01. The summed E-state index contributed by atoms with van der Waals surface area (Å²) in [6, 6.07) is 4.36. The molecule has 1 heterocycles. The molecule has 0 saturated carbocycles. The number of hydrogen-bond acceptors (Lipinski definition) is 2. The van der Waals surface area contributed by atoms with E-state index < -0.39 is 0 Å². The SMILES string of the molecule is CC(C)CC(N)CCCCc1ccco1. The minimum Gasteiger partial charge on any atom is -0.469 e. The van der Waals surface area contributed by atoms with Gasteiger partial charge in [0.25, 0.3) is 0 Å². The van der Waals surface area contributed by atoms with Crippen molar-refractivity contribution in [2.24, 2.45) is 11.7 Å². The van der Waals surface area contributed by atoms with Crippen LogP contribution in [0.5, 0.6) is 0 Å². The van der Waals surface area contributed by atoms with Gasteiger partial charge in [-0.15, -0.1) is 0 Å². The third-order valence-electron chi connectivity index (χ3n) is 2.60. The minimum atomic E-state index is 0.376. The van der Waals surface area contributed by atoms with Crippen LogP contribution in [0.1, 0.15) is 45.3 Å². The molecule has 2 heteroatoms. The number of hydrogen-bond donors (Lipinski definition) is 1. The lowest BCUT2D eigenvalue weighted by molar-refractivity contribution is 0.447. The Morgan fingerprint density at radius 1 is 1.33 bits per heavy atom. The molecule has 2 nitrogen and oxygen atoms in total. The lowest BCUT2D eigenvalue weighted by Gasteiger charge is -2.13. The predicted molar refractivity (Wildman–Crippen MR) is 63.7 cm³/mol. The lowest BCUT2D eigenvalue weighted by Crippen LogP contribution is -2.21. The highest BCUT2D eigenvalue weighted by Crippen LogP contribution is 2.11. The van der Waals surface area contributed by atoms with E-state index in [4.69, 9.17) is 10.2 Å². The molecule has 0 spiro atoms. The molecule has 1 aromatic heterocycles. The van der Waals surface area contributed by atoms with Gasteiger partial charge in [0.15, 0.2) is 0 Å². The summed E-state index contributed by atoms with van der Waals surface area (Å²) in [7, 11) is 0. The zero-order valence-electron chi connectivity index (χ0n) is 9.91. The fraction of sp³-hybridized carbons (Fsp3) is 0.692. The maximum atomic E-state index is 6.01. The second-order valence-corrected chi connectivity index (χ2v) is 4.71. The first-order valence-corrected chi connectivity index (χ1v) is 5.96. The van der Waals surface area contributed by atoms with Crippen LogP contribution in [-0.4, -0.2) is 6.04 Å². The molecule has 1 atom stereocenters. The van der Waals surface area contributed by atoms with E-state index in [-0.39, 0.29) is 0 Å². The van der Waals surface area contributed by atoms with Crippen LogP contribution in [0.25, 0.3) is 0 Å². The molecule has 0 aliphatic rings. The quantitative estimate of drug-likeness (QED) is 0.699. The Balaban J connectivity index is 2.01. The molecule has 86 valence electrons. The highest BCUT2D eigenvalue weighted by molar-refractivity contribution is 4.97. The maximum absolute atomic E-state index is 6.01. The second-order valence-electron chi connectivity index (χ2n) is 4.71. The molecular weight excluding hydrogens is 186 g/mol. The largest absolute Gasteiger partial charge is 0.469 e. The van der Waals surface area contributed by atoms with Crippen LogP contribution in [0.15, 0.2) is 22.8 Å². The van der Waals surface area contributed by atoms with Crippen LogP contribution in [0, 0.1) is 5.92 Å². The van der Waals surface area contributed by atoms with Crippen molar-refractivity contribution >= 4 is 0 Å². The summed E-state index contributed by atoms with van der Waals surface area (Å²) in [6.45, 7) is 4.45. The van der Waals surface area contributed by atoms with Crippen LogP contribution in [0.4, 0.5) is 0 Å². The summed E-state index contributed by atoms with van der Waals surface area (Å²) in [5, 5.41) is 0. The van der Waals surface area contributed by atoms with E-state index in [1.165, 1.54) is 12.8 Å². The molecule has 0 bridgehead atoms. The summed E-state index contributed by atoms with van der Waals surface area (Å²) in [4.78, 5) is 0. The van der Waals surface area contributed by atoms with Crippen molar-refractivity contribution in [2.45, 2.75) is 52.0 Å². The van der Waals surface area contributed by atoms with Gasteiger partial charge in [0.05, 0.1) is 6.26 Å². The van der Waals surface area contributed by atoms with Gasteiger partial charge >= 0.3 is 0 Å². The molecule has 0 amide bonds. The zero-order valence-corrected chi connectivity index (χ0v) is 9.91. The van der Waals surface area contributed by atoms with Gasteiger partial charge in [-0.05, 0) is 37.3 Å². The van der Waals surface area contributed by atoms with Gasteiger partial charge in [0.2, 0.25) is 0 Å². The third-order valence-corrected chi connectivity index (χ3v) is 2.60. The maximum Gasteiger partial charge on any atom is 0.103 e. The normalized spacial score (nSPS) is 13.3. The van der Waals surface area contributed by atoms with Gasteiger partial charge in [-0.1, -0.05) is 20.3 Å². The average Bonchev–Trinajstić information content (AvgIpc) is 2.63. The number of rotatable bonds is 7. The standard InChI is InChI=1S/C13H23NO/c1-11(2)10-12(14)6-3-4-7-13-8-5-9-15-13/h5,8-9,11-12H,3-4,6-7,10,14H2,1-2H3. The van der Waals surface area contributed by atoms with Crippen molar-refractivity contribution in [3.05, 3.63) is 24.2 Å². The molecule has 15 heavy (non-hydrogen) atoms. The Morgan fingerprint density at radius 3 is 2.73 bits per heavy atom. The van der Waals surface area contributed by atoms with Gasteiger partial charge in [-0.2, -0.15) is 0 Å². The van der Waals surface area contributed by atoms with E-state index in [0.717, 1.165) is 25.0 Å². The molecule has 0 radical (unpaired) electrons. The molecule has 1 aromatic rings. The molecule has 2 N–H and O–H groups in total. The van der Waals surface area contributed by atoms with Gasteiger partial charge in [-0.3, -0.25) is 0 Å². The fourth-order valence-electron chi connectivity index (χ4n) is 1.88. The number of aryl methyl sites for hydroxylation is 1. The van der Waals surface area contributed by atoms with Crippen molar-refractivity contribution < 1.29 is 4.42 Å². The molecular formula is C13H23NO. The average molecular weight is 209 g/mol. The monoisotopic (exact) mass is 209 g/mol. The van der Waals surface area contributed by atoms with Crippen molar-refractivity contribution in [1.29, 1.82) is 0 Å². The van der Waals surface area contributed by atoms with Crippen LogP contribution in [0.3, 0.4) is 0 Å². The van der Waals surface area contributed by atoms with Crippen molar-refractivity contribution in [2.75, 3.05) is 0 Å². The Hall–Kier alpha value is -0.760. The van der Waals surface area contributed by atoms with Crippen molar-refractivity contribution in [1.82, 2.24) is 0 Å². The summed E-state index contributed by atoms with van der Waals surface area (Å²) in [6.07, 6.45) is 7.44. The van der Waals surface area contributed by atoms with Gasteiger partial charge in [-0.25, -0.2) is 0 Å². The molecule has 0 saturated heterocycles. The minimum absolute atomic E-state index is 0.376. The number of unbranched alkanes of at least 4 members (excludes halogenated alkanes) is 1. The van der Waals surface area contributed by atoms with Gasteiger partial charge < -0.3 is 10.2 Å². The molecule has 1 rings (SSSR count). The van der Waals surface area contributed by atoms with E-state index in [9.17, 15) is 0 Å². The Labute approximate surface area is 92.9 Å². The van der Waals surface area contributed by atoms with E-state index in [1.54, 1.807) is 6.26 Å². The van der Waals surface area contributed by atoms with Gasteiger partial charge in [0.1, 0.15) is 5.76 Å². The molecule has 0 aromatic carbocycles. The number of nitrogens with two attached hydrogens (primary N) is 1. The van der Waals surface area contributed by atoms with Crippen LogP contribution < -0.4 is 5.73 Å². The predicted octanol–water partition coefficient (Wildman–Crippen LogP) is 3.37. The molecule has 1 unspecified atom stereocenters.